The molecule has 0 rings (SSSR count). The van der Waals surface area contributed by atoms with Crippen molar-refractivity contribution in [1.82, 2.24) is 0 Å². The number of ether oxygens (including phenoxy) is 1. The zero-order chi connectivity index (χ0) is 9.12. The van der Waals surface area contributed by atoms with Crippen LogP contribution in [0.1, 0.15) is 27.7 Å². The van der Waals surface area contributed by atoms with Gasteiger partial charge in [-0.2, -0.15) is 0 Å². The van der Waals surface area contributed by atoms with Crippen LogP contribution in [0.2, 0.25) is 0 Å². The number of hydrogen-bond acceptors (Lipinski definition) is 1. The molecule has 0 N–H and O–H groups in total. The van der Waals surface area contributed by atoms with Crippen LogP contribution in [0.3, 0.4) is 0 Å². The molecule has 0 fully saturated rings. The zero-order valence-corrected chi connectivity index (χ0v) is 7.58. The van der Waals surface area contributed by atoms with Crippen LogP contribution in [-0.2, 0) is 4.74 Å². The Hall–Kier alpha value is -0.180. The summed E-state index contributed by atoms with van der Waals surface area (Å²) >= 11 is 0. The molecule has 0 radical (unpaired) electrons. The predicted octanol–water partition coefficient (Wildman–Crippen LogP) is 2.50. The molecule has 0 aliphatic rings. The number of hydrogen-bond donors (Lipinski definition) is 0. The maximum atomic E-state index is 12.2. The number of rotatable bonds is 4. The van der Waals surface area contributed by atoms with Gasteiger partial charge in [0.1, 0.15) is 13.3 Å². The van der Waals surface area contributed by atoms with E-state index in [1.54, 1.807) is 27.7 Å². The molecule has 0 spiro atoms. The number of halogens is 2. The summed E-state index contributed by atoms with van der Waals surface area (Å²) in [6.45, 7) is 5.20. The third kappa shape index (κ3) is 4.30. The van der Waals surface area contributed by atoms with Gasteiger partial charge in [-0.05, 0) is 27.7 Å². The Balaban J connectivity index is 4.02. The highest BCUT2D eigenvalue weighted by atomic mass is 19.1. The normalized spacial score (nSPS) is 13.6. The van der Waals surface area contributed by atoms with E-state index in [2.05, 4.69) is 0 Å². The van der Waals surface area contributed by atoms with Gasteiger partial charge in [0.25, 0.3) is 0 Å². The summed E-state index contributed by atoms with van der Waals surface area (Å²) in [6, 6.07) is 0. The van der Waals surface area contributed by atoms with Gasteiger partial charge >= 0.3 is 0 Å². The Morgan fingerprint density at radius 3 is 1.36 bits per heavy atom. The fourth-order valence-corrected chi connectivity index (χ4v) is 0.803. The molecule has 0 aromatic rings. The zero-order valence-electron chi connectivity index (χ0n) is 7.58. The second-order valence-electron chi connectivity index (χ2n) is 3.89. The standard InChI is InChI=1S/C8H16F2O/c1-7(2,5-9)11-8(3,4)6-10/h5-6H2,1-4H3. The Kier molecular flexibility index (Phi) is 3.42. The summed E-state index contributed by atoms with van der Waals surface area (Å²) in [6.07, 6.45) is 0. The number of alkyl halides is 2. The molecule has 1 nitrogen and oxygen atoms in total. The first-order valence-electron chi connectivity index (χ1n) is 3.65. The lowest BCUT2D eigenvalue weighted by atomic mass is 10.1. The van der Waals surface area contributed by atoms with E-state index in [0.717, 1.165) is 0 Å². The maximum Gasteiger partial charge on any atom is 0.118 e. The first-order valence-corrected chi connectivity index (χ1v) is 3.65. The molecule has 3 heteroatoms. The van der Waals surface area contributed by atoms with Crippen molar-refractivity contribution in [2.24, 2.45) is 0 Å². The highest BCUT2D eigenvalue weighted by molar-refractivity contribution is 4.75. The average molecular weight is 166 g/mol. The first kappa shape index (κ1) is 10.8. The molecule has 0 atom stereocenters. The van der Waals surface area contributed by atoms with Gasteiger partial charge in [-0.1, -0.05) is 0 Å². The molecule has 0 aromatic carbocycles. The smallest absolute Gasteiger partial charge is 0.118 e. The van der Waals surface area contributed by atoms with Crippen molar-refractivity contribution in [3.63, 3.8) is 0 Å². The predicted molar refractivity (Wildman–Crippen MR) is 41.2 cm³/mol. The van der Waals surface area contributed by atoms with E-state index in [9.17, 15) is 8.78 Å². The van der Waals surface area contributed by atoms with Crippen LogP contribution < -0.4 is 0 Å². The highest BCUT2D eigenvalue weighted by Gasteiger charge is 2.29. The minimum absolute atomic E-state index is 0.601. The van der Waals surface area contributed by atoms with Crippen molar-refractivity contribution in [1.29, 1.82) is 0 Å². The molecule has 11 heavy (non-hydrogen) atoms. The van der Waals surface area contributed by atoms with Crippen LogP contribution in [-0.4, -0.2) is 24.6 Å². The Bertz CT molecular complexity index is 107. The average Bonchev–Trinajstić information content (AvgIpc) is 1.86. The lowest BCUT2D eigenvalue weighted by Gasteiger charge is -2.32. The first-order chi connectivity index (χ1) is 4.83. The van der Waals surface area contributed by atoms with Crippen molar-refractivity contribution < 1.29 is 13.5 Å². The maximum absolute atomic E-state index is 12.2. The lowest BCUT2D eigenvalue weighted by molar-refractivity contribution is -0.137. The molecule has 0 heterocycles. The monoisotopic (exact) mass is 166 g/mol. The molecular weight excluding hydrogens is 150 g/mol. The third-order valence-electron chi connectivity index (χ3n) is 1.20. The quantitative estimate of drug-likeness (QED) is 0.623. The fourth-order valence-electron chi connectivity index (χ4n) is 0.803. The largest absolute Gasteiger partial charge is 0.364 e. The molecule has 0 aromatic heterocycles. The van der Waals surface area contributed by atoms with Crippen molar-refractivity contribution >= 4 is 0 Å². The third-order valence-corrected chi connectivity index (χ3v) is 1.20. The van der Waals surface area contributed by atoms with Crippen molar-refractivity contribution in [2.75, 3.05) is 13.3 Å². The molecule has 68 valence electrons. The van der Waals surface area contributed by atoms with Crippen molar-refractivity contribution in [2.45, 2.75) is 38.9 Å². The minimum atomic E-state index is -0.879. The van der Waals surface area contributed by atoms with Gasteiger partial charge in [0, 0.05) is 0 Å². The summed E-state index contributed by atoms with van der Waals surface area (Å²) in [5, 5.41) is 0. The Labute approximate surface area is 66.7 Å². The van der Waals surface area contributed by atoms with Gasteiger partial charge in [0.2, 0.25) is 0 Å². The molecule has 0 amide bonds. The molecule has 0 saturated heterocycles. The highest BCUT2D eigenvalue weighted by Crippen LogP contribution is 2.20. The van der Waals surface area contributed by atoms with E-state index in [0.29, 0.717) is 0 Å². The summed E-state index contributed by atoms with van der Waals surface area (Å²) in [5.74, 6) is 0. The Morgan fingerprint density at radius 1 is 0.909 bits per heavy atom. The van der Waals surface area contributed by atoms with Gasteiger partial charge < -0.3 is 4.74 Å². The molecule has 0 unspecified atom stereocenters. The molecular formula is C8H16F2O. The van der Waals surface area contributed by atoms with E-state index >= 15 is 0 Å². The van der Waals surface area contributed by atoms with Crippen LogP contribution in [0.15, 0.2) is 0 Å². The topological polar surface area (TPSA) is 9.23 Å². The van der Waals surface area contributed by atoms with Gasteiger partial charge in [0.05, 0.1) is 11.2 Å². The van der Waals surface area contributed by atoms with E-state index in [-0.39, 0.29) is 0 Å². The second kappa shape index (κ2) is 3.48. The molecule has 0 aliphatic heterocycles. The summed E-state index contributed by atoms with van der Waals surface area (Å²) in [4.78, 5) is 0. The second-order valence-corrected chi connectivity index (χ2v) is 3.89. The van der Waals surface area contributed by atoms with Gasteiger partial charge in [0.15, 0.2) is 0 Å². The van der Waals surface area contributed by atoms with Crippen LogP contribution >= 0.6 is 0 Å². The fraction of sp³-hybridized carbons (Fsp3) is 1.00. The molecule has 0 saturated carbocycles. The summed E-state index contributed by atoms with van der Waals surface area (Å²) in [5.41, 5.74) is -1.76. The van der Waals surface area contributed by atoms with E-state index in [1.807, 2.05) is 0 Å². The SMILES string of the molecule is CC(C)(CF)OC(C)(C)CF. The van der Waals surface area contributed by atoms with Gasteiger partial charge in [-0.25, -0.2) is 8.78 Å². The summed E-state index contributed by atoms with van der Waals surface area (Å²) in [7, 11) is 0. The molecule has 0 bridgehead atoms. The van der Waals surface area contributed by atoms with Crippen molar-refractivity contribution in [3.05, 3.63) is 0 Å². The molecule has 0 aliphatic carbocycles. The van der Waals surface area contributed by atoms with Gasteiger partial charge in [-0.3, -0.25) is 0 Å². The van der Waals surface area contributed by atoms with E-state index in [4.69, 9.17) is 4.74 Å². The van der Waals surface area contributed by atoms with E-state index < -0.39 is 24.6 Å². The van der Waals surface area contributed by atoms with Gasteiger partial charge in [-0.15, -0.1) is 0 Å². The van der Waals surface area contributed by atoms with Crippen LogP contribution in [0.5, 0.6) is 0 Å². The summed E-state index contributed by atoms with van der Waals surface area (Å²) < 4.78 is 29.6. The van der Waals surface area contributed by atoms with Crippen LogP contribution in [0.25, 0.3) is 0 Å². The van der Waals surface area contributed by atoms with E-state index in [1.165, 1.54) is 0 Å². The minimum Gasteiger partial charge on any atom is -0.364 e. The lowest BCUT2D eigenvalue weighted by Crippen LogP contribution is -2.39. The Morgan fingerprint density at radius 2 is 1.18 bits per heavy atom. The van der Waals surface area contributed by atoms with Crippen molar-refractivity contribution in [3.8, 4) is 0 Å². The van der Waals surface area contributed by atoms with Crippen LogP contribution in [0.4, 0.5) is 8.78 Å². The van der Waals surface area contributed by atoms with Crippen LogP contribution in [0, 0.1) is 0 Å².